The standard InChI is InChI=1S/C42H55N3O6/c1-41(2)22-35-23-42(3,27-41)28-45(35)25-36-21-37(32-14-12-29(26-46)13-15-32)51-40(50-36)33-18-16-31(17-19-33)34-9-7-8-30(20-34)24-43-38(47)10-5-4-6-11-39(48)44-49/h7-9,12-20,35-37,40,46,49H,4-6,10-11,21-28H2,1-3H3,(H,43,47)(H,44,48). The highest BCUT2D eigenvalue weighted by atomic mass is 16.7. The minimum absolute atomic E-state index is 0.0179. The lowest BCUT2D eigenvalue weighted by atomic mass is 9.65. The number of rotatable bonds is 14. The van der Waals surface area contributed by atoms with E-state index in [0.29, 0.717) is 42.7 Å². The van der Waals surface area contributed by atoms with Gasteiger partial charge in [-0.25, -0.2) is 5.48 Å². The van der Waals surface area contributed by atoms with Gasteiger partial charge in [0.15, 0.2) is 6.29 Å². The molecule has 0 aromatic heterocycles. The van der Waals surface area contributed by atoms with Gasteiger partial charge >= 0.3 is 0 Å². The maximum atomic E-state index is 12.4. The molecule has 0 spiro atoms. The summed E-state index contributed by atoms with van der Waals surface area (Å²) in [6.45, 7) is 9.78. The van der Waals surface area contributed by atoms with Crippen molar-refractivity contribution in [2.75, 3.05) is 13.1 Å². The van der Waals surface area contributed by atoms with E-state index in [-0.39, 0.29) is 31.1 Å². The van der Waals surface area contributed by atoms with Crippen LogP contribution in [0.2, 0.25) is 0 Å². The van der Waals surface area contributed by atoms with E-state index in [1.807, 2.05) is 24.3 Å². The number of hydrogen-bond donors (Lipinski definition) is 4. The van der Waals surface area contributed by atoms with Crippen molar-refractivity contribution >= 4 is 11.8 Å². The normalized spacial score (nSPS) is 25.7. The lowest BCUT2D eigenvalue weighted by molar-refractivity contribution is -0.253. The zero-order valence-electron chi connectivity index (χ0n) is 30.4. The van der Waals surface area contributed by atoms with Crippen LogP contribution in [0, 0.1) is 10.8 Å². The van der Waals surface area contributed by atoms with E-state index >= 15 is 0 Å². The van der Waals surface area contributed by atoms with E-state index in [2.05, 4.69) is 79.5 Å². The van der Waals surface area contributed by atoms with Crippen LogP contribution in [0.1, 0.15) is 113 Å². The monoisotopic (exact) mass is 697 g/mol. The second kappa shape index (κ2) is 16.4. The number of hydrogen-bond acceptors (Lipinski definition) is 7. The highest BCUT2D eigenvalue weighted by Crippen LogP contribution is 2.53. The molecule has 274 valence electrons. The van der Waals surface area contributed by atoms with Gasteiger partial charge in [-0.2, -0.15) is 0 Å². The number of fused-ring (bicyclic) bond motifs is 2. The van der Waals surface area contributed by atoms with Crippen molar-refractivity contribution in [3.63, 3.8) is 0 Å². The van der Waals surface area contributed by atoms with Gasteiger partial charge in [0, 0.05) is 50.5 Å². The lowest BCUT2D eigenvalue weighted by Crippen LogP contribution is -2.42. The highest BCUT2D eigenvalue weighted by Gasteiger charge is 2.50. The molecule has 3 aliphatic rings. The number of aliphatic hydroxyl groups is 1. The Labute approximate surface area is 302 Å². The van der Waals surface area contributed by atoms with Crippen LogP contribution in [0.3, 0.4) is 0 Å². The highest BCUT2D eigenvalue weighted by molar-refractivity contribution is 5.76. The van der Waals surface area contributed by atoms with E-state index in [9.17, 15) is 14.7 Å². The minimum Gasteiger partial charge on any atom is -0.392 e. The van der Waals surface area contributed by atoms with Crippen LogP contribution in [0.4, 0.5) is 0 Å². The molecule has 0 radical (unpaired) electrons. The number of unbranched alkanes of at least 4 members (excludes halogenated alkanes) is 2. The van der Waals surface area contributed by atoms with Crippen LogP contribution in [-0.2, 0) is 32.2 Å². The molecule has 5 unspecified atom stereocenters. The summed E-state index contributed by atoms with van der Waals surface area (Å²) >= 11 is 0. The Morgan fingerprint density at radius 1 is 0.843 bits per heavy atom. The zero-order valence-corrected chi connectivity index (χ0v) is 30.4. The third-order valence-corrected chi connectivity index (χ3v) is 10.9. The number of likely N-dealkylation sites (tertiary alicyclic amines) is 1. The van der Waals surface area contributed by atoms with Crippen LogP contribution < -0.4 is 10.8 Å². The van der Waals surface area contributed by atoms with Gasteiger partial charge in [0.25, 0.3) is 0 Å². The number of carbonyl (C=O) groups is 2. The number of hydroxylamine groups is 1. The van der Waals surface area contributed by atoms with Gasteiger partial charge < -0.3 is 19.9 Å². The lowest BCUT2D eigenvalue weighted by Gasteiger charge is -2.41. The number of nitrogens with one attached hydrogen (secondary N) is 2. The van der Waals surface area contributed by atoms with Crippen LogP contribution in [0.15, 0.2) is 72.8 Å². The number of carbonyl (C=O) groups excluding carboxylic acids is 2. The van der Waals surface area contributed by atoms with E-state index in [1.54, 1.807) is 5.48 Å². The van der Waals surface area contributed by atoms with E-state index in [1.165, 1.54) is 19.3 Å². The van der Waals surface area contributed by atoms with Crippen LogP contribution in [-0.4, -0.2) is 52.3 Å². The Bertz CT molecular complexity index is 1630. The predicted molar refractivity (Wildman–Crippen MR) is 196 cm³/mol. The fourth-order valence-corrected chi connectivity index (χ4v) is 8.87. The van der Waals surface area contributed by atoms with Gasteiger partial charge in [-0.15, -0.1) is 0 Å². The zero-order chi connectivity index (χ0) is 36.0. The number of aliphatic hydroxyl groups excluding tert-OH is 1. The Balaban J connectivity index is 1.10. The molecule has 1 saturated carbocycles. The predicted octanol–water partition coefficient (Wildman–Crippen LogP) is 7.36. The molecule has 1 aliphatic carbocycles. The molecule has 3 fully saturated rings. The Morgan fingerprint density at radius 3 is 2.29 bits per heavy atom. The maximum absolute atomic E-state index is 12.4. The van der Waals surface area contributed by atoms with E-state index < -0.39 is 12.2 Å². The molecule has 3 aromatic carbocycles. The first-order chi connectivity index (χ1) is 24.5. The number of amides is 2. The molecule has 2 saturated heterocycles. The van der Waals surface area contributed by atoms with Crippen molar-refractivity contribution in [1.29, 1.82) is 0 Å². The summed E-state index contributed by atoms with van der Waals surface area (Å²) in [5.41, 5.74) is 8.48. The molecule has 2 aliphatic heterocycles. The second-order valence-corrected chi connectivity index (χ2v) is 16.2. The third-order valence-electron chi connectivity index (χ3n) is 10.9. The molecular weight excluding hydrogens is 642 g/mol. The average Bonchev–Trinajstić information content (AvgIpc) is 3.37. The molecule has 9 nitrogen and oxygen atoms in total. The molecule has 2 heterocycles. The number of nitrogens with zero attached hydrogens (tertiary/aromatic N) is 1. The quantitative estimate of drug-likeness (QED) is 0.0789. The van der Waals surface area contributed by atoms with Crippen LogP contribution in [0.5, 0.6) is 0 Å². The Hall–Kier alpha value is -3.60. The third kappa shape index (κ3) is 9.84. The first-order valence-electron chi connectivity index (χ1n) is 18.6. The van der Waals surface area contributed by atoms with Gasteiger partial charge in [-0.05, 0) is 76.8 Å². The summed E-state index contributed by atoms with van der Waals surface area (Å²) in [4.78, 5) is 26.2. The topological polar surface area (TPSA) is 120 Å². The molecular formula is C42H55N3O6. The van der Waals surface area contributed by atoms with Crippen LogP contribution >= 0.6 is 0 Å². The number of benzene rings is 3. The first kappa shape index (κ1) is 37.2. The van der Waals surface area contributed by atoms with Crippen molar-refractivity contribution in [3.05, 3.63) is 95.1 Å². The SMILES string of the molecule is CC1(C)CC2CC(C)(CN2CC2CC(c3ccc(CO)cc3)OC(c3ccc(-c4cccc(CNC(=O)CCCCCC(=O)NO)c4)cc3)O2)C1. The van der Waals surface area contributed by atoms with Crippen molar-refractivity contribution in [2.45, 2.75) is 116 Å². The summed E-state index contributed by atoms with van der Waals surface area (Å²) < 4.78 is 13.4. The summed E-state index contributed by atoms with van der Waals surface area (Å²) in [5, 5.41) is 21.2. The summed E-state index contributed by atoms with van der Waals surface area (Å²) in [5.74, 6) is -0.419. The summed E-state index contributed by atoms with van der Waals surface area (Å²) in [6.07, 6.45) is 6.69. The van der Waals surface area contributed by atoms with E-state index in [4.69, 9.17) is 14.7 Å². The summed E-state index contributed by atoms with van der Waals surface area (Å²) in [6, 6.07) is 25.3. The van der Waals surface area contributed by atoms with Gasteiger partial charge in [-0.3, -0.25) is 19.7 Å². The second-order valence-electron chi connectivity index (χ2n) is 16.2. The van der Waals surface area contributed by atoms with Crippen molar-refractivity contribution in [1.82, 2.24) is 15.7 Å². The molecule has 9 heteroatoms. The Morgan fingerprint density at radius 2 is 1.57 bits per heavy atom. The fourth-order valence-electron chi connectivity index (χ4n) is 8.87. The average molecular weight is 698 g/mol. The maximum Gasteiger partial charge on any atom is 0.243 e. The first-order valence-corrected chi connectivity index (χ1v) is 18.6. The van der Waals surface area contributed by atoms with E-state index in [0.717, 1.165) is 59.3 Å². The van der Waals surface area contributed by atoms with Gasteiger partial charge in [0.05, 0.1) is 18.8 Å². The fraction of sp³-hybridized carbons (Fsp3) is 0.524. The molecule has 51 heavy (non-hydrogen) atoms. The van der Waals surface area contributed by atoms with Gasteiger partial charge in [0.1, 0.15) is 0 Å². The van der Waals surface area contributed by atoms with Crippen molar-refractivity contribution in [3.8, 4) is 11.1 Å². The minimum atomic E-state index is -0.497. The smallest absolute Gasteiger partial charge is 0.243 e. The largest absolute Gasteiger partial charge is 0.392 e. The molecule has 4 N–H and O–H groups in total. The number of ether oxygens (including phenoxy) is 2. The molecule has 2 amide bonds. The summed E-state index contributed by atoms with van der Waals surface area (Å²) in [7, 11) is 0. The van der Waals surface area contributed by atoms with Gasteiger partial charge in [0.2, 0.25) is 11.8 Å². The molecule has 5 atom stereocenters. The molecule has 2 bridgehead atoms. The van der Waals surface area contributed by atoms with Crippen molar-refractivity contribution in [2.24, 2.45) is 10.8 Å². The van der Waals surface area contributed by atoms with Gasteiger partial charge in [-0.1, -0.05) is 93.9 Å². The van der Waals surface area contributed by atoms with Crippen molar-refractivity contribution < 1.29 is 29.4 Å². The Kier molecular flexibility index (Phi) is 11.9. The molecule has 3 aromatic rings. The van der Waals surface area contributed by atoms with Crippen LogP contribution in [0.25, 0.3) is 11.1 Å². The molecule has 6 rings (SSSR count).